The molecule has 0 heterocycles. The fourth-order valence-electron chi connectivity index (χ4n) is 1.86. The highest BCUT2D eigenvalue weighted by Gasteiger charge is 2.21. The Morgan fingerprint density at radius 1 is 1.33 bits per heavy atom. The van der Waals surface area contributed by atoms with Crippen molar-refractivity contribution in [2.45, 2.75) is 31.6 Å². The van der Waals surface area contributed by atoms with Gasteiger partial charge in [0.15, 0.2) is 0 Å². The lowest BCUT2D eigenvalue weighted by Gasteiger charge is -2.24. The summed E-state index contributed by atoms with van der Waals surface area (Å²) in [5, 5.41) is 3.56. The number of hydrogen-bond donors (Lipinski definition) is 1. The summed E-state index contributed by atoms with van der Waals surface area (Å²) in [4.78, 5) is 0. The molecule has 18 heavy (non-hydrogen) atoms. The van der Waals surface area contributed by atoms with Crippen LogP contribution in [0.1, 0.15) is 31.9 Å². The molecule has 1 rings (SSSR count). The van der Waals surface area contributed by atoms with Crippen LogP contribution in [0.25, 0.3) is 0 Å². The highest BCUT2D eigenvalue weighted by atomic mass is 32.2. The van der Waals surface area contributed by atoms with Crippen LogP contribution in [-0.4, -0.2) is 29.4 Å². The summed E-state index contributed by atoms with van der Waals surface area (Å²) < 4.78 is 16.8. The van der Waals surface area contributed by atoms with Gasteiger partial charge in [-0.05, 0) is 37.6 Å². The van der Waals surface area contributed by atoms with E-state index in [2.05, 4.69) is 12.2 Å². The van der Waals surface area contributed by atoms with Gasteiger partial charge in [0.05, 0.1) is 12.4 Å². The van der Waals surface area contributed by atoms with E-state index in [9.17, 15) is 4.21 Å². The summed E-state index contributed by atoms with van der Waals surface area (Å²) in [6.07, 6.45) is 2.82. The van der Waals surface area contributed by atoms with Gasteiger partial charge in [-0.3, -0.25) is 4.21 Å². The summed E-state index contributed by atoms with van der Waals surface area (Å²) in [6, 6.07) is 8.09. The Morgan fingerprint density at radius 3 is 2.39 bits per heavy atom. The molecule has 3 nitrogen and oxygen atoms in total. The maximum absolute atomic E-state index is 11.7. The lowest BCUT2D eigenvalue weighted by Crippen LogP contribution is -2.33. The van der Waals surface area contributed by atoms with Gasteiger partial charge in [-0.1, -0.05) is 19.1 Å². The van der Waals surface area contributed by atoms with Gasteiger partial charge < -0.3 is 10.1 Å². The SMILES string of the molecule is CCCNC(c1ccc(OC)cc1)C(C)S(C)=O. The second-order valence-electron chi connectivity index (χ2n) is 4.41. The van der Waals surface area contributed by atoms with Crippen molar-refractivity contribution in [2.24, 2.45) is 0 Å². The van der Waals surface area contributed by atoms with Gasteiger partial charge in [-0.25, -0.2) is 0 Å². The largest absolute Gasteiger partial charge is 0.497 e. The molecule has 0 amide bonds. The van der Waals surface area contributed by atoms with Gasteiger partial charge in [0.2, 0.25) is 0 Å². The molecule has 0 saturated carbocycles. The zero-order chi connectivity index (χ0) is 13.5. The lowest BCUT2D eigenvalue weighted by molar-refractivity contribution is 0.414. The number of methoxy groups -OCH3 is 1. The monoisotopic (exact) mass is 269 g/mol. The minimum atomic E-state index is -0.845. The van der Waals surface area contributed by atoms with E-state index < -0.39 is 10.8 Å². The molecule has 102 valence electrons. The second kappa shape index (κ2) is 7.54. The molecule has 1 N–H and O–H groups in total. The summed E-state index contributed by atoms with van der Waals surface area (Å²) in [7, 11) is 0.813. The molecular weight excluding hydrogens is 246 g/mol. The maximum Gasteiger partial charge on any atom is 0.118 e. The van der Waals surface area contributed by atoms with Crippen LogP contribution in [0.3, 0.4) is 0 Å². The van der Waals surface area contributed by atoms with E-state index in [1.807, 2.05) is 31.2 Å². The van der Waals surface area contributed by atoms with Crippen molar-refractivity contribution in [2.75, 3.05) is 19.9 Å². The Kier molecular flexibility index (Phi) is 6.36. The van der Waals surface area contributed by atoms with Crippen molar-refractivity contribution in [1.82, 2.24) is 5.32 Å². The predicted molar refractivity (Wildman–Crippen MR) is 77.6 cm³/mol. The van der Waals surface area contributed by atoms with Gasteiger partial charge in [-0.2, -0.15) is 0 Å². The maximum atomic E-state index is 11.7. The molecule has 3 atom stereocenters. The third-order valence-corrected chi connectivity index (χ3v) is 4.40. The van der Waals surface area contributed by atoms with E-state index in [1.165, 1.54) is 0 Å². The lowest BCUT2D eigenvalue weighted by atomic mass is 10.0. The molecule has 0 aliphatic heterocycles. The first-order valence-corrected chi connectivity index (χ1v) is 7.91. The Hall–Kier alpha value is -0.870. The molecule has 1 aromatic rings. The van der Waals surface area contributed by atoms with Crippen molar-refractivity contribution in [3.63, 3.8) is 0 Å². The summed E-state index contributed by atoms with van der Waals surface area (Å²) in [5.41, 5.74) is 1.16. The Morgan fingerprint density at radius 2 is 1.94 bits per heavy atom. The normalized spacial score (nSPS) is 16.0. The standard InChI is InChI=1S/C14H23NO2S/c1-5-10-15-14(11(2)18(4)16)12-6-8-13(17-3)9-7-12/h6-9,11,14-15H,5,10H2,1-4H3. The van der Waals surface area contributed by atoms with E-state index >= 15 is 0 Å². The summed E-state index contributed by atoms with van der Waals surface area (Å²) in [6.45, 7) is 5.08. The average Bonchev–Trinajstić information content (AvgIpc) is 2.39. The molecule has 0 radical (unpaired) electrons. The molecule has 0 aromatic heterocycles. The molecule has 0 aliphatic carbocycles. The molecule has 0 bridgehead atoms. The van der Waals surface area contributed by atoms with Crippen LogP contribution in [-0.2, 0) is 10.8 Å². The van der Waals surface area contributed by atoms with Crippen LogP contribution in [0.15, 0.2) is 24.3 Å². The molecule has 0 fully saturated rings. The van der Waals surface area contributed by atoms with Crippen molar-refractivity contribution < 1.29 is 8.95 Å². The van der Waals surface area contributed by atoms with Crippen LogP contribution in [0.4, 0.5) is 0 Å². The van der Waals surface area contributed by atoms with E-state index in [0.717, 1.165) is 24.3 Å². The molecule has 4 heteroatoms. The van der Waals surface area contributed by atoms with Crippen LogP contribution >= 0.6 is 0 Å². The average molecular weight is 269 g/mol. The predicted octanol–water partition coefficient (Wildman–Crippen LogP) is 2.50. The van der Waals surface area contributed by atoms with E-state index in [-0.39, 0.29) is 11.3 Å². The first kappa shape index (κ1) is 15.2. The van der Waals surface area contributed by atoms with E-state index in [4.69, 9.17) is 4.74 Å². The van der Waals surface area contributed by atoms with Gasteiger partial charge >= 0.3 is 0 Å². The first-order valence-electron chi connectivity index (χ1n) is 6.29. The molecule has 1 aromatic carbocycles. The fraction of sp³-hybridized carbons (Fsp3) is 0.571. The van der Waals surface area contributed by atoms with Crippen LogP contribution in [0.2, 0.25) is 0 Å². The minimum Gasteiger partial charge on any atom is -0.497 e. The fourth-order valence-corrected chi connectivity index (χ4v) is 2.49. The minimum absolute atomic E-state index is 0.0879. The van der Waals surface area contributed by atoms with Crippen LogP contribution < -0.4 is 10.1 Å². The number of hydrogen-bond acceptors (Lipinski definition) is 3. The highest BCUT2D eigenvalue weighted by Crippen LogP contribution is 2.22. The van der Waals surface area contributed by atoms with Gasteiger partial charge in [0.25, 0.3) is 0 Å². The number of rotatable bonds is 7. The van der Waals surface area contributed by atoms with E-state index in [1.54, 1.807) is 13.4 Å². The van der Waals surface area contributed by atoms with Crippen molar-refractivity contribution in [3.8, 4) is 5.75 Å². The van der Waals surface area contributed by atoms with Crippen molar-refractivity contribution >= 4 is 10.8 Å². The van der Waals surface area contributed by atoms with Gasteiger partial charge in [-0.15, -0.1) is 0 Å². The topological polar surface area (TPSA) is 38.3 Å². The molecule has 0 aliphatic rings. The van der Waals surface area contributed by atoms with Gasteiger partial charge in [0, 0.05) is 23.1 Å². The first-order chi connectivity index (χ1) is 8.60. The zero-order valence-corrected chi connectivity index (χ0v) is 12.4. The Balaban J connectivity index is 2.89. The third kappa shape index (κ3) is 4.10. The number of ether oxygens (including phenoxy) is 1. The number of nitrogens with one attached hydrogen (secondary N) is 1. The molecule has 0 saturated heterocycles. The summed E-state index contributed by atoms with van der Waals surface area (Å²) >= 11 is 0. The smallest absolute Gasteiger partial charge is 0.118 e. The third-order valence-electron chi connectivity index (χ3n) is 3.08. The highest BCUT2D eigenvalue weighted by molar-refractivity contribution is 7.84. The zero-order valence-electron chi connectivity index (χ0n) is 11.6. The molecular formula is C14H23NO2S. The van der Waals surface area contributed by atoms with Crippen molar-refractivity contribution in [1.29, 1.82) is 0 Å². The second-order valence-corrected chi connectivity index (χ2v) is 6.15. The molecule has 3 unspecified atom stereocenters. The van der Waals surface area contributed by atoms with Crippen LogP contribution in [0, 0.1) is 0 Å². The Bertz CT molecular complexity index is 378. The van der Waals surface area contributed by atoms with Crippen molar-refractivity contribution in [3.05, 3.63) is 29.8 Å². The quantitative estimate of drug-likeness (QED) is 0.826. The van der Waals surface area contributed by atoms with E-state index in [0.29, 0.717) is 0 Å². The number of benzene rings is 1. The molecule has 0 spiro atoms. The summed E-state index contributed by atoms with van der Waals surface area (Å²) in [5.74, 6) is 0.846. The van der Waals surface area contributed by atoms with Crippen LogP contribution in [0.5, 0.6) is 5.75 Å². The Labute approximate surface area is 112 Å². The van der Waals surface area contributed by atoms with Gasteiger partial charge in [0.1, 0.15) is 5.75 Å².